The van der Waals surface area contributed by atoms with Gasteiger partial charge in [0.2, 0.25) is 5.88 Å². The number of benzene rings is 2. The number of nitrogens with zero attached hydrogens (tertiary/aromatic N) is 5. The van der Waals surface area contributed by atoms with Gasteiger partial charge in [-0.15, -0.1) is 0 Å². The number of hydrogen-bond acceptors (Lipinski definition) is 7. The maximum atomic E-state index is 9.44. The van der Waals surface area contributed by atoms with Crippen molar-refractivity contribution in [2.24, 2.45) is 5.73 Å². The van der Waals surface area contributed by atoms with Gasteiger partial charge < -0.3 is 15.4 Å². The molecule has 2 aromatic carbocycles. The second kappa shape index (κ2) is 9.47. The lowest BCUT2D eigenvalue weighted by molar-refractivity contribution is 0.461. The van der Waals surface area contributed by atoms with Crippen LogP contribution in [0.2, 0.25) is 0 Å². The van der Waals surface area contributed by atoms with Gasteiger partial charge in [0, 0.05) is 18.2 Å². The van der Waals surface area contributed by atoms with E-state index in [9.17, 15) is 10.5 Å². The molecule has 1 aromatic heterocycles. The average Bonchev–Trinajstić information content (AvgIpc) is 3.29. The van der Waals surface area contributed by atoms with Crippen molar-refractivity contribution in [1.82, 2.24) is 9.97 Å². The zero-order valence-electron chi connectivity index (χ0n) is 18.0. The van der Waals surface area contributed by atoms with Crippen LogP contribution in [-0.2, 0) is 6.42 Å². The van der Waals surface area contributed by atoms with Crippen LogP contribution in [0.15, 0.2) is 48.5 Å². The van der Waals surface area contributed by atoms with Crippen LogP contribution in [-0.4, -0.2) is 29.1 Å². The summed E-state index contributed by atoms with van der Waals surface area (Å²) in [6.07, 6.45) is 2.59. The van der Waals surface area contributed by atoms with Crippen molar-refractivity contribution < 1.29 is 4.74 Å². The van der Waals surface area contributed by atoms with Crippen molar-refractivity contribution in [2.45, 2.75) is 32.2 Å². The van der Waals surface area contributed by atoms with E-state index < -0.39 is 0 Å². The van der Waals surface area contributed by atoms with E-state index in [1.807, 2.05) is 35.2 Å². The Morgan fingerprint density at radius 1 is 1.12 bits per heavy atom. The molecule has 1 saturated heterocycles. The fourth-order valence-electron chi connectivity index (χ4n) is 3.94. The molecule has 4 rings (SSSR count). The predicted molar refractivity (Wildman–Crippen MR) is 122 cm³/mol. The van der Waals surface area contributed by atoms with E-state index >= 15 is 0 Å². The maximum Gasteiger partial charge on any atom is 0.224 e. The van der Waals surface area contributed by atoms with Crippen molar-refractivity contribution in [3.63, 3.8) is 0 Å². The Balaban J connectivity index is 1.70. The molecule has 2 heterocycles. The number of anilines is 1. The van der Waals surface area contributed by atoms with E-state index in [1.165, 1.54) is 5.56 Å². The third kappa shape index (κ3) is 4.54. The van der Waals surface area contributed by atoms with Gasteiger partial charge in [-0.2, -0.15) is 15.5 Å². The zero-order chi connectivity index (χ0) is 22.5. The summed E-state index contributed by atoms with van der Waals surface area (Å²) in [7, 11) is 0. The Kier molecular flexibility index (Phi) is 6.30. The molecule has 0 saturated carbocycles. The molecule has 1 aliphatic rings. The van der Waals surface area contributed by atoms with Crippen molar-refractivity contribution in [2.75, 3.05) is 18.0 Å². The van der Waals surface area contributed by atoms with Crippen molar-refractivity contribution in [3.8, 4) is 34.9 Å². The van der Waals surface area contributed by atoms with Gasteiger partial charge in [-0.05, 0) is 62.1 Å². The number of aromatic nitrogens is 2. The van der Waals surface area contributed by atoms with Gasteiger partial charge in [0.25, 0.3) is 0 Å². The second-order valence-corrected chi connectivity index (χ2v) is 7.75. The Morgan fingerprint density at radius 2 is 1.94 bits per heavy atom. The Labute approximate surface area is 187 Å². The summed E-state index contributed by atoms with van der Waals surface area (Å²) in [6.45, 7) is 3.18. The Hall–Kier alpha value is -3.94. The number of ether oxygens (including phenoxy) is 1. The first-order valence-electron chi connectivity index (χ1n) is 10.6. The molecule has 7 heteroatoms. The van der Waals surface area contributed by atoms with Crippen LogP contribution >= 0.6 is 0 Å². The highest BCUT2D eigenvalue weighted by atomic mass is 16.5. The molecule has 0 radical (unpaired) electrons. The molecule has 1 fully saturated rings. The molecule has 0 aliphatic carbocycles. The zero-order valence-corrected chi connectivity index (χ0v) is 18.0. The third-order valence-electron chi connectivity index (χ3n) is 5.52. The lowest BCUT2D eigenvalue weighted by atomic mass is 10.0. The number of hydrogen-bond donors (Lipinski definition) is 1. The molecule has 1 atom stereocenters. The fourth-order valence-corrected chi connectivity index (χ4v) is 3.94. The molecule has 0 amide bonds. The highest BCUT2D eigenvalue weighted by Gasteiger charge is 2.26. The van der Waals surface area contributed by atoms with E-state index in [1.54, 1.807) is 25.1 Å². The van der Waals surface area contributed by atoms with Gasteiger partial charge in [0.1, 0.15) is 23.4 Å². The summed E-state index contributed by atoms with van der Waals surface area (Å²) in [6, 6.07) is 19.6. The monoisotopic (exact) mass is 424 g/mol. The number of rotatable bonds is 6. The summed E-state index contributed by atoms with van der Waals surface area (Å²) in [4.78, 5) is 10.9. The Morgan fingerprint density at radius 3 is 2.66 bits per heavy atom. The van der Waals surface area contributed by atoms with E-state index in [0.717, 1.165) is 36.9 Å². The summed E-state index contributed by atoms with van der Waals surface area (Å²) in [5.74, 6) is 2.16. The van der Waals surface area contributed by atoms with Gasteiger partial charge in [0.15, 0.2) is 0 Å². The lowest BCUT2D eigenvalue weighted by Gasteiger charge is -2.21. The van der Waals surface area contributed by atoms with E-state index in [4.69, 9.17) is 10.5 Å². The Bertz CT molecular complexity index is 1190. The first-order chi connectivity index (χ1) is 15.6. The molecule has 2 N–H and O–H groups in total. The number of nitrogens with two attached hydrogens (primary N) is 1. The minimum absolute atomic E-state index is 0.193. The summed E-state index contributed by atoms with van der Waals surface area (Å²) >= 11 is 0. The molecular weight excluding hydrogens is 400 g/mol. The van der Waals surface area contributed by atoms with Crippen molar-refractivity contribution in [1.29, 1.82) is 10.5 Å². The summed E-state index contributed by atoms with van der Waals surface area (Å²) < 4.78 is 6.20. The molecule has 0 bridgehead atoms. The first kappa shape index (κ1) is 21.3. The SMILES string of the molecule is Cc1nc(Oc2cc(C#N)ccc2-c2ccc(CCN)cc2)cc(N2CCC[C@@H]2C#N)n1. The molecule has 7 nitrogen and oxygen atoms in total. The smallest absolute Gasteiger partial charge is 0.224 e. The van der Waals surface area contributed by atoms with E-state index in [0.29, 0.717) is 35.4 Å². The second-order valence-electron chi connectivity index (χ2n) is 7.75. The highest BCUT2D eigenvalue weighted by Crippen LogP contribution is 2.35. The van der Waals surface area contributed by atoms with Crippen LogP contribution in [0, 0.1) is 29.6 Å². The van der Waals surface area contributed by atoms with Crippen molar-refractivity contribution >= 4 is 5.82 Å². The largest absolute Gasteiger partial charge is 0.438 e. The molecule has 160 valence electrons. The van der Waals surface area contributed by atoms with Gasteiger partial charge in [-0.1, -0.05) is 24.3 Å². The van der Waals surface area contributed by atoms with Crippen molar-refractivity contribution in [3.05, 3.63) is 65.5 Å². The summed E-state index contributed by atoms with van der Waals surface area (Å²) in [5, 5.41) is 18.8. The standard InChI is InChI=1S/C25H24N6O/c1-17-29-24(31-12-2-3-21(31)16-28)14-25(30-17)32-23-13-19(15-27)6-9-22(23)20-7-4-18(5-8-20)10-11-26/h4-9,13-14,21H,2-3,10-12,26H2,1H3/t21-/m1/s1. The van der Waals surface area contributed by atoms with E-state index in [2.05, 4.69) is 22.1 Å². The first-order valence-corrected chi connectivity index (χ1v) is 10.6. The minimum Gasteiger partial charge on any atom is -0.438 e. The summed E-state index contributed by atoms with van der Waals surface area (Å²) in [5.41, 5.74) is 9.15. The topological polar surface area (TPSA) is 112 Å². The molecular formula is C25H24N6O. The number of aryl methyl sites for hydroxylation is 1. The normalized spacial score (nSPS) is 15.2. The third-order valence-corrected chi connectivity index (χ3v) is 5.52. The maximum absolute atomic E-state index is 9.44. The van der Waals surface area contributed by atoms with E-state index in [-0.39, 0.29) is 6.04 Å². The molecule has 0 spiro atoms. The van der Waals surface area contributed by atoms with Gasteiger partial charge in [0.05, 0.1) is 17.7 Å². The quantitative estimate of drug-likeness (QED) is 0.634. The molecule has 3 aromatic rings. The molecule has 0 unspecified atom stereocenters. The fraction of sp³-hybridized carbons (Fsp3) is 0.280. The van der Waals surface area contributed by atoms with Gasteiger partial charge >= 0.3 is 0 Å². The molecule has 32 heavy (non-hydrogen) atoms. The van der Waals surface area contributed by atoms with Gasteiger partial charge in [-0.25, -0.2) is 4.98 Å². The van der Waals surface area contributed by atoms with Crippen LogP contribution in [0.3, 0.4) is 0 Å². The predicted octanol–water partition coefficient (Wildman–Crippen LogP) is 4.11. The highest BCUT2D eigenvalue weighted by molar-refractivity contribution is 5.72. The minimum atomic E-state index is -0.193. The number of nitriles is 2. The van der Waals surface area contributed by atoms with Crippen LogP contribution < -0.4 is 15.4 Å². The van der Waals surface area contributed by atoms with Gasteiger partial charge in [-0.3, -0.25) is 0 Å². The lowest BCUT2D eigenvalue weighted by Crippen LogP contribution is -2.28. The van der Waals surface area contributed by atoms with Crippen LogP contribution in [0.5, 0.6) is 11.6 Å². The van der Waals surface area contributed by atoms with Crippen LogP contribution in [0.1, 0.15) is 29.8 Å². The average molecular weight is 425 g/mol. The van der Waals surface area contributed by atoms with Crippen LogP contribution in [0.25, 0.3) is 11.1 Å². The van der Waals surface area contributed by atoms with Crippen LogP contribution in [0.4, 0.5) is 5.82 Å². The molecule has 1 aliphatic heterocycles.